The van der Waals surface area contributed by atoms with E-state index in [1.807, 2.05) is 39.0 Å². The Hall–Kier alpha value is -2.24. The highest BCUT2D eigenvalue weighted by molar-refractivity contribution is 6.04. The summed E-state index contributed by atoms with van der Waals surface area (Å²) in [6, 6.07) is 7.85. The third-order valence-electron chi connectivity index (χ3n) is 4.34. The van der Waals surface area contributed by atoms with Gasteiger partial charge in [-0.25, -0.2) is 0 Å². The van der Waals surface area contributed by atoms with Crippen molar-refractivity contribution in [3.05, 3.63) is 58.9 Å². The van der Waals surface area contributed by atoms with Crippen molar-refractivity contribution in [1.82, 2.24) is 9.88 Å². The average molecular weight is 339 g/mol. The number of hydrogen-bond donors (Lipinski definition) is 2. The fourth-order valence-electron chi connectivity index (χ4n) is 3.34. The highest BCUT2D eigenvalue weighted by Gasteiger charge is 2.24. The molecule has 2 aromatic rings. The van der Waals surface area contributed by atoms with Gasteiger partial charge in [-0.3, -0.25) is 14.7 Å². The summed E-state index contributed by atoms with van der Waals surface area (Å²) in [6.45, 7) is 7.87. The maximum Gasteiger partial charge on any atom is 0.257 e. The number of carbonyl (C=O) groups excluding carboxylic acids is 1. The molecule has 25 heavy (non-hydrogen) atoms. The number of pyridine rings is 1. The van der Waals surface area contributed by atoms with Gasteiger partial charge in [0, 0.05) is 37.7 Å². The van der Waals surface area contributed by atoms with E-state index in [2.05, 4.69) is 21.3 Å². The Morgan fingerprint density at radius 1 is 1.36 bits per heavy atom. The van der Waals surface area contributed by atoms with E-state index in [1.54, 1.807) is 12.4 Å². The molecule has 1 aromatic carbocycles. The summed E-state index contributed by atoms with van der Waals surface area (Å²) in [5.41, 5.74) is 4.08. The number of nitrogens with zero attached hydrogens (tertiary/aromatic N) is 2. The molecule has 0 atom stereocenters. The molecule has 0 fully saturated rings. The number of aryl methyl sites for hydroxylation is 1. The van der Waals surface area contributed by atoms with Gasteiger partial charge in [0.15, 0.2) is 0 Å². The molecule has 0 bridgehead atoms. The van der Waals surface area contributed by atoms with E-state index in [9.17, 15) is 9.90 Å². The third-order valence-corrected chi connectivity index (χ3v) is 4.34. The number of β-amino-alcohol motifs (C(OH)–C–C–N with tert-alkyl or cyclic N) is 1. The van der Waals surface area contributed by atoms with Crippen molar-refractivity contribution in [2.24, 2.45) is 0 Å². The lowest BCUT2D eigenvalue weighted by Crippen LogP contribution is -2.41. The standard InChI is InChI=1S/C20H25N3O2/c1-14-9-16(11-21-10-14)19(24)22-18-6-4-5-15-12-23(8-7-17(15)18)13-20(2,3)25/h4-6,9-11,25H,7-8,12-13H2,1-3H3,(H,22,24). The molecule has 0 aliphatic carbocycles. The Morgan fingerprint density at radius 2 is 2.16 bits per heavy atom. The SMILES string of the molecule is Cc1cncc(C(=O)Nc2cccc3c2CCN(CC(C)(C)O)C3)c1. The zero-order chi connectivity index (χ0) is 18.0. The molecule has 0 spiro atoms. The number of nitrogens with one attached hydrogen (secondary N) is 1. The number of rotatable bonds is 4. The molecule has 0 unspecified atom stereocenters. The Labute approximate surface area is 148 Å². The molecule has 5 heteroatoms. The summed E-state index contributed by atoms with van der Waals surface area (Å²) in [7, 11) is 0. The summed E-state index contributed by atoms with van der Waals surface area (Å²) in [5, 5.41) is 13.1. The fourth-order valence-corrected chi connectivity index (χ4v) is 3.34. The molecule has 132 valence electrons. The predicted octanol–water partition coefficient (Wildman–Crippen LogP) is 2.77. The van der Waals surface area contributed by atoms with Crippen LogP contribution in [0.5, 0.6) is 0 Å². The number of anilines is 1. The van der Waals surface area contributed by atoms with Crippen LogP contribution in [0.2, 0.25) is 0 Å². The number of aromatic nitrogens is 1. The van der Waals surface area contributed by atoms with E-state index < -0.39 is 5.60 Å². The van der Waals surface area contributed by atoms with Crippen molar-refractivity contribution in [3.8, 4) is 0 Å². The largest absolute Gasteiger partial charge is 0.389 e. The highest BCUT2D eigenvalue weighted by Crippen LogP contribution is 2.27. The summed E-state index contributed by atoms with van der Waals surface area (Å²) in [5.74, 6) is -0.136. The molecule has 1 aliphatic rings. The first-order valence-electron chi connectivity index (χ1n) is 8.60. The number of carbonyl (C=O) groups is 1. The number of benzene rings is 1. The van der Waals surface area contributed by atoms with Crippen LogP contribution < -0.4 is 5.32 Å². The Kier molecular flexibility index (Phi) is 4.88. The van der Waals surface area contributed by atoms with Gasteiger partial charge in [0.2, 0.25) is 0 Å². The second-order valence-electron chi connectivity index (χ2n) is 7.42. The summed E-state index contributed by atoms with van der Waals surface area (Å²) < 4.78 is 0. The second-order valence-corrected chi connectivity index (χ2v) is 7.42. The van der Waals surface area contributed by atoms with Crippen LogP contribution in [-0.4, -0.2) is 39.6 Å². The van der Waals surface area contributed by atoms with E-state index in [0.717, 1.165) is 30.8 Å². The summed E-state index contributed by atoms with van der Waals surface area (Å²) in [4.78, 5) is 18.8. The molecule has 2 N–H and O–H groups in total. The second kappa shape index (κ2) is 6.94. The lowest BCUT2D eigenvalue weighted by molar-refractivity contribution is 0.0318. The van der Waals surface area contributed by atoms with Crippen molar-refractivity contribution < 1.29 is 9.90 Å². The van der Waals surface area contributed by atoms with Gasteiger partial charge in [0.1, 0.15) is 0 Å². The molecule has 0 saturated heterocycles. The zero-order valence-corrected chi connectivity index (χ0v) is 15.0. The lowest BCUT2D eigenvalue weighted by Gasteiger charge is -2.33. The number of hydrogen-bond acceptors (Lipinski definition) is 4. The Bertz CT molecular complexity index is 781. The van der Waals surface area contributed by atoms with E-state index in [4.69, 9.17) is 0 Å². The molecule has 1 aromatic heterocycles. The minimum Gasteiger partial charge on any atom is -0.389 e. The first kappa shape index (κ1) is 17.6. The van der Waals surface area contributed by atoms with Crippen molar-refractivity contribution in [2.45, 2.75) is 39.3 Å². The minimum absolute atomic E-state index is 0.136. The van der Waals surface area contributed by atoms with E-state index in [0.29, 0.717) is 12.1 Å². The van der Waals surface area contributed by atoms with Crippen LogP contribution in [0.25, 0.3) is 0 Å². The minimum atomic E-state index is -0.707. The number of amides is 1. The highest BCUT2D eigenvalue weighted by atomic mass is 16.3. The fraction of sp³-hybridized carbons (Fsp3) is 0.400. The predicted molar refractivity (Wildman–Crippen MR) is 98.6 cm³/mol. The molecule has 3 rings (SSSR count). The van der Waals surface area contributed by atoms with Gasteiger partial charge >= 0.3 is 0 Å². The first-order chi connectivity index (χ1) is 11.8. The number of aliphatic hydroxyl groups is 1. The molecule has 0 saturated carbocycles. The quantitative estimate of drug-likeness (QED) is 0.899. The van der Waals surface area contributed by atoms with Crippen molar-refractivity contribution in [1.29, 1.82) is 0 Å². The average Bonchev–Trinajstić information content (AvgIpc) is 2.53. The van der Waals surface area contributed by atoms with Gasteiger partial charge in [0.05, 0.1) is 11.2 Å². The van der Waals surface area contributed by atoms with Crippen LogP contribution in [0.15, 0.2) is 36.7 Å². The Morgan fingerprint density at radius 3 is 2.88 bits per heavy atom. The van der Waals surface area contributed by atoms with Crippen LogP contribution >= 0.6 is 0 Å². The Balaban J connectivity index is 1.77. The molecular weight excluding hydrogens is 314 g/mol. The molecule has 5 nitrogen and oxygen atoms in total. The maximum absolute atomic E-state index is 12.5. The van der Waals surface area contributed by atoms with Crippen LogP contribution in [-0.2, 0) is 13.0 Å². The maximum atomic E-state index is 12.5. The first-order valence-corrected chi connectivity index (χ1v) is 8.60. The number of fused-ring (bicyclic) bond motifs is 1. The van der Waals surface area contributed by atoms with Gasteiger partial charge in [-0.2, -0.15) is 0 Å². The third kappa shape index (κ3) is 4.44. The van der Waals surface area contributed by atoms with E-state index >= 15 is 0 Å². The normalized spacial score (nSPS) is 14.9. The topological polar surface area (TPSA) is 65.5 Å². The smallest absolute Gasteiger partial charge is 0.257 e. The van der Waals surface area contributed by atoms with Crippen LogP contribution in [0, 0.1) is 6.92 Å². The van der Waals surface area contributed by atoms with Crippen LogP contribution in [0.1, 0.15) is 40.9 Å². The van der Waals surface area contributed by atoms with Crippen LogP contribution in [0.4, 0.5) is 5.69 Å². The molecule has 2 heterocycles. The van der Waals surface area contributed by atoms with E-state index in [-0.39, 0.29) is 5.91 Å². The van der Waals surface area contributed by atoms with Gasteiger partial charge < -0.3 is 10.4 Å². The zero-order valence-electron chi connectivity index (χ0n) is 15.0. The van der Waals surface area contributed by atoms with Crippen molar-refractivity contribution in [2.75, 3.05) is 18.4 Å². The monoisotopic (exact) mass is 339 g/mol. The summed E-state index contributed by atoms with van der Waals surface area (Å²) >= 11 is 0. The van der Waals surface area contributed by atoms with Crippen LogP contribution in [0.3, 0.4) is 0 Å². The van der Waals surface area contributed by atoms with Gasteiger partial charge in [-0.1, -0.05) is 12.1 Å². The van der Waals surface area contributed by atoms with Gasteiger partial charge in [-0.05, 0) is 56.0 Å². The van der Waals surface area contributed by atoms with E-state index in [1.165, 1.54) is 11.1 Å². The van der Waals surface area contributed by atoms with Crippen molar-refractivity contribution in [3.63, 3.8) is 0 Å². The molecule has 1 aliphatic heterocycles. The van der Waals surface area contributed by atoms with Gasteiger partial charge in [-0.15, -0.1) is 0 Å². The lowest BCUT2D eigenvalue weighted by atomic mass is 9.96. The molecule has 1 amide bonds. The van der Waals surface area contributed by atoms with Crippen molar-refractivity contribution >= 4 is 11.6 Å². The molecular formula is C20H25N3O2. The summed E-state index contributed by atoms with van der Waals surface area (Å²) in [6.07, 6.45) is 4.18. The molecule has 0 radical (unpaired) electrons. The van der Waals surface area contributed by atoms with Gasteiger partial charge in [0.25, 0.3) is 5.91 Å².